The van der Waals surface area contributed by atoms with Gasteiger partial charge in [-0.15, -0.1) is 0 Å². The Kier molecular flexibility index (Phi) is 5.81. The predicted molar refractivity (Wildman–Crippen MR) is 79.9 cm³/mol. The van der Waals surface area contributed by atoms with Gasteiger partial charge in [-0.25, -0.2) is 9.78 Å². The van der Waals surface area contributed by atoms with Crippen molar-refractivity contribution in [1.29, 1.82) is 0 Å². The molecule has 6 heteroatoms. The Morgan fingerprint density at radius 1 is 1.29 bits per heavy atom. The second-order valence-electron chi connectivity index (χ2n) is 5.75. The second kappa shape index (κ2) is 7.15. The van der Waals surface area contributed by atoms with E-state index in [1.165, 1.54) is 0 Å². The zero-order valence-corrected chi connectivity index (χ0v) is 13.5. The van der Waals surface area contributed by atoms with Gasteiger partial charge >= 0.3 is 6.09 Å². The number of hydrogen-bond acceptors (Lipinski definition) is 5. The van der Waals surface area contributed by atoms with Crippen molar-refractivity contribution in [2.75, 3.05) is 14.2 Å². The Labute approximate surface area is 125 Å². The summed E-state index contributed by atoms with van der Waals surface area (Å²) in [7, 11) is 3.14. The summed E-state index contributed by atoms with van der Waals surface area (Å²) < 4.78 is 15.6. The lowest BCUT2D eigenvalue weighted by molar-refractivity contribution is 0.0508. The first-order valence-corrected chi connectivity index (χ1v) is 6.82. The summed E-state index contributed by atoms with van der Waals surface area (Å²) >= 11 is 0. The number of methoxy groups -OCH3 is 2. The van der Waals surface area contributed by atoms with Crippen molar-refractivity contribution in [3.63, 3.8) is 0 Å². The molecular weight excluding hydrogens is 272 g/mol. The van der Waals surface area contributed by atoms with Gasteiger partial charge in [0.2, 0.25) is 5.88 Å². The number of carbonyl (C=O) groups is 1. The molecule has 0 aliphatic carbocycles. The molecule has 6 nitrogen and oxygen atoms in total. The molecule has 0 spiro atoms. The van der Waals surface area contributed by atoms with Crippen molar-refractivity contribution in [3.8, 4) is 11.6 Å². The Morgan fingerprint density at radius 2 is 1.95 bits per heavy atom. The molecule has 118 valence electrons. The number of alkyl carbamates (subject to hydrolysis) is 1. The van der Waals surface area contributed by atoms with E-state index in [0.29, 0.717) is 18.1 Å². The minimum atomic E-state index is -0.518. The molecule has 0 aliphatic heterocycles. The molecule has 0 aromatic carbocycles. The van der Waals surface area contributed by atoms with Crippen LogP contribution in [-0.4, -0.2) is 36.9 Å². The summed E-state index contributed by atoms with van der Waals surface area (Å²) in [5, 5.41) is 2.78. The molecule has 1 N–H and O–H groups in total. The van der Waals surface area contributed by atoms with Gasteiger partial charge in [-0.2, -0.15) is 0 Å². The minimum absolute atomic E-state index is 0.145. The van der Waals surface area contributed by atoms with E-state index in [2.05, 4.69) is 10.3 Å². The van der Waals surface area contributed by atoms with Crippen molar-refractivity contribution in [1.82, 2.24) is 10.3 Å². The third kappa shape index (κ3) is 5.89. The van der Waals surface area contributed by atoms with E-state index in [1.54, 1.807) is 26.4 Å². The Bertz CT molecular complexity index is 483. The zero-order valence-electron chi connectivity index (χ0n) is 13.5. The second-order valence-corrected chi connectivity index (χ2v) is 5.75. The highest BCUT2D eigenvalue weighted by Gasteiger charge is 2.19. The lowest BCUT2D eigenvalue weighted by atomic mass is 10.1. The maximum atomic E-state index is 11.7. The van der Waals surface area contributed by atoms with Crippen LogP contribution in [0.15, 0.2) is 12.1 Å². The maximum absolute atomic E-state index is 11.7. The van der Waals surface area contributed by atoms with Crippen molar-refractivity contribution < 1.29 is 19.0 Å². The smallest absolute Gasteiger partial charge is 0.407 e. The lowest BCUT2D eigenvalue weighted by Crippen LogP contribution is -2.38. The third-order valence-electron chi connectivity index (χ3n) is 2.60. The van der Waals surface area contributed by atoms with Crippen molar-refractivity contribution in [2.45, 2.75) is 45.8 Å². The van der Waals surface area contributed by atoms with Crippen molar-refractivity contribution in [3.05, 3.63) is 17.8 Å². The minimum Gasteiger partial charge on any atom is -0.495 e. The van der Waals surface area contributed by atoms with Crippen LogP contribution in [0.5, 0.6) is 11.6 Å². The molecule has 21 heavy (non-hydrogen) atoms. The molecule has 0 bridgehead atoms. The number of hydrogen-bond donors (Lipinski definition) is 1. The van der Waals surface area contributed by atoms with Gasteiger partial charge in [-0.3, -0.25) is 0 Å². The first-order valence-electron chi connectivity index (χ1n) is 6.82. The molecule has 0 saturated heterocycles. The van der Waals surface area contributed by atoms with Gasteiger partial charge in [0.05, 0.1) is 19.9 Å². The average Bonchev–Trinajstić information content (AvgIpc) is 2.35. The maximum Gasteiger partial charge on any atom is 0.407 e. The van der Waals surface area contributed by atoms with Gasteiger partial charge in [0, 0.05) is 18.5 Å². The number of rotatable bonds is 5. The SMILES string of the molecule is COc1ccc(OC)c(CC(C)NC(=O)OC(C)(C)C)n1. The highest BCUT2D eigenvalue weighted by molar-refractivity contribution is 5.68. The highest BCUT2D eigenvalue weighted by Crippen LogP contribution is 2.21. The lowest BCUT2D eigenvalue weighted by Gasteiger charge is -2.22. The van der Waals surface area contributed by atoms with E-state index in [0.717, 1.165) is 5.69 Å². The number of ether oxygens (including phenoxy) is 3. The largest absolute Gasteiger partial charge is 0.495 e. The van der Waals surface area contributed by atoms with E-state index in [1.807, 2.05) is 27.7 Å². The van der Waals surface area contributed by atoms with Crippen LogP contribution in [-0.2, 0) is 11.2 Å². The molecular formula is C15H24N2O4. The van der Waals surface area contributed by atoms with Crippen LogP contribution in [0.25, 0.3) is 0 Å². The molecule has 0 radical (unpaired) electrons. The van der Waals surface area contributed by atoms with E-state index < -0.39 is 11.7 Å². The van der Waals surface area contributed by atoms with Crippen molar-refractivity contribution in [2.24, 2.45) is 0 Å². The van der Waals surface area contributed by atoms with Crippen LogP contribution in [0.4, 0.5) is 4.79 Å². The van der Waals surface area contributed by atoms with Crippen LogP contribution < -0.4 is 14.8 Å². The first kappa shape index (κ1) is 17.1. The molecule has 1 aromatic heterocycles. The van der Waals surface area contributed by atoms with Gasteiger partial charge in [0.1, 0.15) is 11.4 Å². The number of amides is 1. The fourth-order valence-corrected chi connectivity index (χ4v) is 1.76. The van der Waals surface area contributed by atoms with Gasteiger partial charge < -0.3 is 19.5 Å². The van der Waals surface area contributed by atoms with E-state index in [-0.39, 0.29) is 6.04 Å². The Hall–Kier alpha value is -1.98. The van der Waals surface area contributed by atoms with Gasteiger partial charge in [0.15, 0.2) is 0 Å². The molecule has 0 fully saturated rings. The molecule has 1 amide bonds. The third-order valence-corrected chi connectivity index (χ3v) is 2.60. The normalized spacial score (nSPS) is 12.5. The quantitative estimate of drug-likeness (QED) is 0.904. The topological polar surface area (TPSA) is 69.7 Å². The van der Waals surface area contributed by atoms with E-state index in [4.69, 9.17) is 14.2 Å². The molecule has 1 heterocycles. The average molecular weight is 296 g/mol. The van der Waals surface area contributed by atoms with E-state index in [9.17, 15) is 4.79 Å². The Balaban J connectivity index is 2.69. The highest BCUT2D eigenvalue weighted by atomic mass is 16.6. The summed E-state index contributed by atoms with van der Waals surface area (Å²) in [4.78, 5) is 16.1. The van der Waals surface area contributed by atoms with Crippen LogP contribution >= 0.6 is 0 Å². The number of carbonyl (C=O) groups excluding carboxylic acids is 1. The molecule has 1 unspecified atom stereocenters. The number of nitrogens with zero attached hydrogens (tertiary/aromatic N) is 1. The summed E-state index contributed by atoms with van der Waals surface area (Å²) in [5.41, 5.74) is 0.204. The van der Waals surface area contributed by atoms with Crippen LogP contribution in [0.3, 0.4) is 0 Å². The molecule has 0 aliphatic rings. The van der Waals surface area contributed by atoms with Gasteiger partial charge in [-0.05, 0) is 33.8 Å². The van der Waals surface area contributed by atoms with Crippen molar-refractivity contribution >= 4 is 6.09 Å². The number of pyridine rings is 1. The first-order chi connectivity index (χ1) is 9.75. The number of aromatic nitrogens is 1. The van der Waals surface area contributed by atoms with Crippen LogP contribution in [0.2, 0.25) is 0 Å². The van der Waals surface area contributed by atoms with Gasteiger partial charge in [-0.1, -0.05) is 0 Å². The number of nitrogens with one attached hydrogen (secondary N) is 1. The summed E-state index contributed by atoms with van der Waals surface area (Å²) in [5.74, 6) is 1.17. The summed E-state index contributed by atoms with van der Waals surface area (Å²) in [6, 6.07) is 3.38. The molecule has 1 aromatic rings. The summed E-state index contributed by atoms with van der Waals surface area (Å²) in [6.07, 6.45) is 0.0662. The standard InChI is InChI=1S/C15H24N2O4/c1-10(16-14(18)21-15(2,3)4)9-11-12(19-5)7-8-13(17-11)20-6/h7-8,10H,9H2,1-6H3,(H,16,18). The zero-order chi connectivity index (χ0) is 16.0. The fraction of sp³-hybridized carbons (Fsp3) is 0.600. The summed E-state index contributed by atoms with van der Waals surface area (Å²) in [6.45, 7) is 7.35. The monoisotopic (exact) mass is 296 g/mol. The predicted octanol–water partition coefficient (Wildman–Crippen LogP) is 2.55. The fourth-order valence-electron chi connectivity index (χ4n) is 1.76. The Morgan fingerprint density at radius 3 is 2.48 bits per heavy atom. The van der Waals surface area contributed by atoms with E-state index >= 15 is 0 Å². The molecule has 1 atom stereocenters. The molecule has 1 rings (SSSR count). The van der Waals surface area contributed by atoms with Gasteiger partial charge in [0.25, 0.3) is 0 Å². The van der Waals surface area contributed by atoms with Crippen LogP contribution in [0.1, 0.15) is 33.4 Å². The van der Waals surface area contributed by atoms with Crippen LogP contribution in [0, 0.1) is 0 Å². The molecule has 0 saturated carbocycles.